The molecule has 0 radical (unpaired) electrons. The molecule has 84 valence electrons. The molecule has 4 heteroatoms. The van der Waals surface area contributed by atoms with Gasteiger partial charge < -0.3 is 10.5 Å². The summed E-state index contributed by atoms with van der Waals surface area (Å²) in [6, 6.07) is 5.86. The zero-order valence-electron chi connectivity index (χ0n) is 8.80. The number of nitrogens with zero attached hydrogens (tertiary/aromatic N) is 1. The number of hydrogen-bond donors (Lipinski definition) is 2. The second-order valence-electron chi connectivity index (χ2n) is 3.45. The first-order chi connectivity index (χ1) is 7.33. The molecule has 15 heavy (non-hydrogen) atoms. The van der Waals surface area contributed by atoms with Crippen molar-refractivity contribution in [2.45, 2.75) is 25.3 Å². The van der Waals surface area contributed by atoms with Gasteiger partial charge in [0.15, 0.2) is 0 Å². The van der Waals surface area contributed by atoms with Gasteiger partial charge in [0, 0.05) is 24.1 Å². The zero-order chi connectivity index (χ0) is 10.9. The second kappa shape index (κ2) is 7.54. The zero-order valence-corrected chi connectivity index (χ0v) is 9.70. The molecule has 0 aliphatic carbocycles. The van der Waals surface area contributed by atoms with Gasteiger partial charge in [0.2, 0.25) is 5.88 Å². The minimum absolute atomic E-state index is 0.211. The van der Waals surface area contributed by atoms with Gasteiger partial charge in [-0.05, 0) is 25.3 Å². The normalized spacial score (nSPS) is 12.4. The van der Waals surface area contributed by atoms with Crippen molar-refractivity contribution in [2.24, 2.45) is 5.73 Å². The van der Waals surface area contributed by atoms with Gasteiger partial charge in [-0.3, -0.25) is 0 Å². The standard InChI is InChI=1S/C11H18N2OS/c12-10(9-15)5-2-4-8-14-11-6-1-3-7-13-11/h1,3,6-7,10,15H,2,4-5,8-9,12H2. The van der Waals surface area contributed by atoms with Crippen molar-refractivity contribution in [1.82, 2.24) is 4.98 Å². The van der Waals surface area contributed by atoms with E-state index in [1.54, 1.807) is 6.20 Å². The van der Waals surface area contributed by atoms with Crippen LogP contribution in [-0.2, 0) is 0 Å². The van der Waals surface area contributed by atoms with Crippen LogP contribution in [0.3, 0.4) is 0 Å². The van der Waals surface area contributed by atoms with E-state index in [9.17, 15) is 0 Å². The van der Waals surface area contributed by atoms with Crippen LogP contribution in [0.5, 0.6) is 5.88 Å². The van der Waals surface area contributed by atoms with E-state index in [0.717, 1.165) is 25.0 Å². The molecule has 0 bridgehead atoms. The highest BCUT2D eigenvalue weighted by atomic mass is 32.1. The molecule has 0 aliphatic rings. The number of hydrogen-bond acceptors (Lipinski definition) is 4. The maximum Gasteiger partial charge on any atom is 0.213 e. The van der Waals surface area contributed by atoms with Crippen molar-refractivity contribution in [3.63, 3.8) is 0 Å². The number of nitrogens with two attached hydrogens (primary N) is 1. The van der Waals surface area contributed by atoms with Crippen molar-refractivity contribution < 1.29 is 4.74 Å². The lowest BCUT2D eigenvalue weighted by Gasteiger charge is -2.08. The Morgan fingerprint density at radius 2 is 2.27 bits per heavy atom. The highest BCUT2D eigenvalue weighted by Gasteiger charge is 1.99. The molecule has 0 amide bonds. The van der Waals surface area contributed by atoms with E-state index in [1.165, 1.54) is 0 Å². The fraction of sp³-hybridized carbons (Fsp3) is 0.545. The lowest BCUT2D eigenvalue weighted by Crippen LogP contribution is -2.21. The highest BCUT2D eigenvalue weighted by Crippen LogP contribution is 2.05. The molecule has 0 saturated heterocycles. The quantitative estimate of drug-likeness (QED) is 0.551. The van der Waals surface area contributed by atoms with E-state index in [-0.39, 0.29) is 6.04 Å². The average molecular weight is 226 g/mol. The van der Waals surface area contributed by atoms with Crippen molar-refractivity contribution in [3.8, 4) is 5.88 Å². The summed E-state index contributed by atoms with van der Waals surface area (Å²) in [4.78, 5) is 4.07. The van der Waals surface area contributed by atoms with E-state index in [1.807, 2.05) is 18.2 Å². The van der Waals surface area contributed by atoms with Crippen molar-refractivity contribution in [2.75, 3.05) is 12.4 Å². The van der Waals surface area contributed by atoms with Crippen LogP contribution in [0.2, 0.25) is 0 Å². The van der Waals surface area contributed by atoms with Crippen LogP contribution in [0, 0.1) is 0 Å². The summed E-state index contributed by atoms with van der Waals surface area (Å²) in [5.74, 6) is 1.44. The summed E-state index contributed by atoms with van der Waals surface area (Å²) >= 11 is 4.13. The van der Waals surface area contributed by atoms with Crippen LogP contribution in [0.15, 0.2) is 24.4 Å². The molecule has 1 atom stereocenters. The van der Waals surface area contributed by atoms with Gasteiger partial charge in [-0.1, -0.05) is 6.07 Å². The Labute approximate surface area is 96.4 Å². The summed E-state index contributed by atoms with van der Waals surface area (Å²) in [6.07, 6.45) is 4.83. The molecule has 0 fully saturated rings. The average Bonchev–Trinajstić information content (AvgIpc) is 2.29. The summed E-state index contributed by atoms with van der Waals surface area (Å²) in [7, 11) is 0. The Kier molecular flexibility index (Phi) is 6.20. The van der Waals surface area contributed by atoms with Gasteiger partial charge in [-0.15, -0.1) is 0 Å². The SMILES string of the molecule is NC(CS)CCCCOc1ccccn1. The van der Waals surface area contributed by atoms with Crippen LogP contribution >= 0.6 is 12.6 Å². The molecule has 1 heterocycles. The Morgan fingerprint density at radius 1 is 1.40 bits per heavy atom. The smallest absolute Gasteiger partial charge is 0.213 e. The van der Waals surface area contributed by atoms with Crippen LogP contribution in [0.25, 0.3) is 0 Å². The minimum atomic E-state index is 0.211. The predicted molar refractivity (Wildman–Crippen MR) is 65.4 cm³/mol. The van der Waals surface area contributed by atoms with Gasteiger partial charge >= 0.3 is 0 Å². The van der Waals surface area contributed by atoms with E-state index in [0.29, 0.717) is 12.5 Å². The Hall–Kier alpha value is -0.740. The third-order valence-electron chi connectivity index (χ3n) is 2.09. The molecule has 1 unspecified atom stereocenters. The van der Waals surface area contributed by atoms with Gasteiger partial charge in [-0.2, -0.15) is 12.6 Å². The Balaban J connectivity index is 2.03. The third-order valence-corrected chi connectivity index (χ3v) is 2.56. The van der Waals surface area contributed by atoms with Gasteiger partial charge in [0.1, 0.15) is 0 Å². The molecular weight excluding hydrogens is 208 g/mol. The van der Waals surface area contributed by atoms with Crippen molar-refractivity contribution in [3.05, 3.63) is 24.4 Å². The fourth-order valence-corrected chi connectivity index (χ4v) is 1.39. The van der Waals surface area contributed by atoms with Gasteiger partial charge in [0.05, 0.1) is 6.61 Å². The topological polar surface area (TPSA) is 48.1 Å². The second-order valence-corrected chi connectivity index (χ2v) is 3.82. The maximum absolute atomic E-state index is 5.74. The molecule has 0 saturated carbocycles. The molecular formula is C11H18N2OS. The molecule has 1 aromatic rings. The van der Waals surface area contributed by atoms with E-state index in [4.69, 9.17) is 10.5 Å². The van der Waals surface area contributed by atoms with Gasteiger partial charge in [0.25, 0.3) is 0 Å². The predicted octanol–water partition coefficient (Wildman–Crippen LogP) is 1.89. The summed E-state index contributed by atoms with van der Waals surface area (Å²) in [6.45, 7) is 0.705. The molecule has 1 rings (SSSR count). The van der Waals surface area contributed by atoms with Crippen LogP contribution in [0.4, 0.5) is 0 Å². The molecule has 0 aliphatic heterocycles. The maximum atomic E-state index is 5.74. The molecule has 3 nitrogen and oxygen atoms in total. The number of rotatable bonds is 7. The summed E-state index contributed by atoms with van der Waals surface area (Å²) in [5.41, 5.74) is 5.74. The molecule has 1 aromatic heterocycles. The van der Waals surface area contributed by atoms with Crippen molar-refractivity contribution in [1.29, 1.82) is 0 Å². The largest absolute Gasteiger partial charge is 0.478 e. The number of ether oxygens (including phenoxy) is 1. The van der Waals surface area contributed by atoms with Crippen LogP contribution in [-0.4, -0.2) is 23.4 Å². The Bertz CT molecular complexity index is 256. The monoisotopic (exact) mass is 226 g/mol. The number of aromatic nitrogens is 1. The number of pyridine rings is 1. The van der Waals surface area contributed by atoms with E-state index in [2.05, 4.69) is 17.6 Å². The Morgan fingerprint density at radius 3 is 2.93 bits per heavy atom. The minimum Gasteiger partial charge on any atom is -0.478 e. The van der Waals surface area contributed by atoms with Gasteiger partial charge in [-0.25, -0.2) is 4.98 Å². The third kappa shape index (κ3) is 5.64. The van der Waals surface area contributed by atoms with E-state index < -0.39 is 0 Å². The molecule has 0 aromatic carbocycles. The highest BCUT2D eigenvalue weighted by molar-refractivity contribution is 7.80. The first kappa shape index (κ1) is 12.3. The molecule has 2 N–H and O–H groups in total. The number of unbranched alkanes of at least 4 members (excludes halogenated alkanes) is 1. The van der Waals surface area contributed by atoms with Crippen molar-refractivity contribution >= 4 is 12.6 Å². The lowest BCUT2D eigenvalue weighted by atomic mass is 10.1. The number of thiol groups is 1. The summed E-state index contributed by atoms with van der Waals surface area (Å²) < 4.78 is 5.45. The lowest BCUT2D eigenvalue weighted by molar-refractivity contribution is 0.293. The van der Waals surface area contributed by atoms with Crippen LogP contribution in [0.1, 0.15) is 19.3 Å². The first-order valence-corrected chi connectivity index (χ1v) is 5.86. The summed E-state index contributed by atoms with van der Waals surface area (Å²) in [5, 5.41) is 0. The van der Waals surface area contributed by atoms with Crippen LogP contribution < -0.4 is 10.5 Å². The van der Waals surface area contributed by atoms with E-state index >= 15 is 0 Å². The first-order valence-electron chi connectivity index (χ1n) is 5.23. The molecule has 0 spiro atoms. The fourth-order valence-electron chi connectivity index (χ4n) is 1.21.